The van der Waals surface area contributed by atoms with Crippen molar-refractivity contribution < 1.29 is 9.18 Å². The van der Waals surface area contributed by atoms with Gasteiger partial charge in [-0.3, -0.25) is 4.79 Å². The molecule has 1 aromatic heterocycles. The van der Waals surface area contributed by atoms with Gasteiger partial charge in [-0.15, -0.1) is 11.3 Å². The molecule has 0 bridgehead atoms. The van der Waals surface area contributed by atoms with Gasteiger partial charge in [-0.2, -0.15) is 0 Å². The number of hydrogen-bond donors (Lipinski definition) is 0. The average molecular weight is 395 g/mol. The Morgan fingerprint density at radius 2 is 1.92 bits per heavy atom. The van der Waals surface area contributed by atoms with E-state index in [1.807, 2.05) is 5.38 Å². The van der Waals surface area contributed by atoms with Crippen molar-refractivity contribution >= 4 is 40.4 Å². The maximum Gasteiger partial charge on any atom is 0.256 e. The van der Waals surface area contributed by atoms with Crippen LogP contribution in [-0.4, -0.2) is 15.8 Å². The van der Waals surface area contributed by atoms with E-state index < -0.39 is 5.82 Å². The molecule has 2 aromatic carbocycles. The molecule has 0 unspecified atom stereocenters. The van der Waals surface area contributed by atoms with Crippen LogP contribution in [-0.2, 0) is 13.1 Å². The first-order valence-corrected chi connectivity index (χ1v) is 9.04. The first-order chi connectivity index (χ1) is 12.0. The van der Waals surface area contributed by atoms with Crippen LogP contribution in [0.1, 0.15) is 20.9 Å². The number of carbonyl (C=O) groups is 1. The van der Waals surface area contributed by atoms with Crippen molar-refractivity contribution in [3.63, 3.8) is 0 Å². The van der Waals surface area contributed by atoms with Crippen molar-refractivity contribution in [3.05, 3.63) is 86.0 Å². The van der Waals surface area contributed by atoms with Crippen LogP contribution in [0, 0.1) is 5.82 Å². The largest absolute Gasteiger partial charge is 0.327 e. The molecule has 0 saturated heterocycles. The molecule has 1 heterocycles. The van der Waals surface area contributed by atoms with Crippen LogP contribution in [0.3, 0.4) is 0 Å². The lowest BCUT2D eigenvalue weighted by molar-refractivity contribution is 0.0730. The number of halogens is 3. The fourth-order valence-corrected chi connectivity index (χ4v) is 3.43. The Bertz CT molecular complexity index is 887. The number of hydrogen-bond acceptors (Lipinski definition) is 3. The second-order valence-corrected chi connectivity index (χ2v) is 7.10. The fraction of sp³-hybridized carbons (Fsp3) is 0.111. The Balaban J connectivity index is 1.92. The highest BCUT2D eigenvalue weighted by Crippen LogP contribution is 2.24. The quantitative estimate of drug-likeness (QED) is 0.577. The van der Waals surface area contributed by atoms with Gasteiger partial charge in [-0.25, -0.2) is 9.37 Å². The highest BCUT2D eigenvalue weighted by Gasteiger charge is 2.21. The number of aromatic nitrogens is 1. The van der Waals surface area contributed by atoms with Crippen molar-refractivity contribution in [2.45, 2.75) is 13.1 Å². The number of nitrogens with zero attached hydrogens (tertiary/aromatic N) is 2. The van der Waals surface area contributed by atoms with Crippen molar-refractivity contribution in [1.82, 2.24) is 9.88 Å². The van der Waals surface area contributed by atoms with Gasteiger partial charge in [0.1, 0.15) is 10.8 Å². The first kappa shape index (κ1) is 17.9. The third kappa shape index (κ3) is 4.37. The van der Waals surface area contributed by atoms with E-state index in [-0.39, 0.29) is 17.5 Å². The summed E-state index contributed by atoms with van der Waals surface area (Å²) in [6.07, 6.45) is 1.68. The lowest BCUT2D eigenvalue weighted by Gasteiger charge is -2.23. The summed E-state index contributed by atoms with van der Waals surface area (Å²) < 4.78 is 13.3. The maximum absolute atomic E-state index is 13.3. The van der Waals surface area contributed by atoms with E-state index in [4.69, 9.17) is 23.2 Å². The van der Waals surface area contributed by atoms with Gasteiger partial charge in [0.2, 0.25) is 0 Å². The molecule has 3 rings (SSSR count). The van der Waals surface area contributed by atoms with E-state index in [0.29, 0.717) is 22.7 Å². The molecule has 0 atom stereocenters. The van der Waals surface area contributed by atoms with Gasteiger partial charge in [0.15, 0.2) is 0 Å². The van der Waals surface area contributed by atoms with Crippen LogP contribution in [0.2, 0.25) is 10.0 Å². The minimum atomic E-state index is -0.419. The maximum atomic E-state index is 13.3. The molecular weight excluding hydrogens is 382 g/mol. The van der Waals surface area contributed by atoms with Crippen LogP contribution in [0.5, 0.6) is 0 Å². The van der Waals surface area contributed by atoms with E-state index in [2.05, 4.69) is 4.98 Å². The molecular formula is C18H13Cl2FN2OS. The monoisotopic (exact) mass is 394 g/mol. The second-order valence-electron chi connectivity index (χ2n) is 5.30. The van der Waals surface area contributed by atoms with Crippen LogP contribution < -0.4 is 0 Å². The number of rotatable bonds is 5. The SMILES string of the molecule is O=C(c1ccccc1Cl)N(Cc1nccs1)Cc1ccc(F)cc1Cl. The summed E-state index contributed by atoms with van der Waals surface area (Å²) in [7, 11) is 0. The number of amides is 1. The summed E-state index contributed by atoms with van der Waals surface area (Å²) in [5, 5.41) is 3.29. The highest BCUT2D eigenvalue weighted by molar-refractivity contribution is 7.09. The predicted molar refractivity (Wildman–Crippen MR) is 98.6 cm³/mol. The van der Waals surface area contributed by atoms with E-state index in [0.717, 1.165) is 5.01 Å². The molecule has 0 N–H and O–H groups in total. The summed E-state index contributed by atoms with van der Waals surface area (Å²) in [6, 6.07) is 11.0. The summed E-state index contributed by atoms with van der Waals surface area (Å²) in [6.45, 7) is 0.540. The lowest BCUT2D eigenvalue weighted by Crippen LogP contribution is -2.30. The van der Waals surface area contributed by atoms with Gasteiger partial charge in [0, 0.05) is 23.1 Å². The zero-order valence-electron chi connectivity index (χ0n) is 13.0. The third-order valence-electron chi connectivity index (χ3n) is 3.58. The Hall–Kier alpha value is -1.95. The van der Waals surface area contributed by atoms with Gasteiger partial charge >= 0.3 is 0 Å². The van der Waals surface area contributed by atoms with E-state index >= 15 is 0 Å². The van der Waals surface area contributed by atoms with Crippen LogP contribution in [0.15, 0.2) is 54.0 Å². The predicted octanol–water partition coefficient (Wildman–Crippen LogP) is 5.43. The van der Waals surface area contributed by atoms with Crippen LogP contribution in [0.4, 0.5) is 4.39 Å². The van der Waals surface area contributed by atoms with Gasteiger partial charge < -0.3 is 4.90 Å². The second kappa shape index (κ2) is 7.95. The van der Waals surface area contributed by atoms with Crippen molar-refractivity contribution in [3.8, 4) is 0 Å². The number of thiazole rings is 1. The molecule has 7 heteroatoms. The molecule has 0 spiro atoms. The van der Waals surface area contributed by atoms with Crippen LogP contribution in [0.25, 0.3) is 0 Å². The normalized spacial score (nSPS) is 10.7. The van der Waals surface area contributed by atoms with Crippen molar-refractivity contribution in [2.75, 3.05) is 0 Å². The zero-order valence-corrected chi connectivity index (χ0v) is 15.3. The van der Waals surface area contributed by atoms with Gasteiger partial charge in [0.05, 0.1) is 17.1 Å². The summed E-state index contributed by atoms with van der Waals surface area (Å²) >= 11 is 13.7. The average Bonchev–Trinajstić information content (AvgIpc) is 3.09. The Kier molecular flexibility index (Phi) is 5.68. The van der Waals surface area contributed by atoms with E-state index in [1.165, 1.54) is 23.5 Å². The Labute approximate surface area is 158 Å². The summed E-state index contributed by atoms with van der Waals surface area (Å²) in [5.74, 6) is -0.654. The Morgan fingerprint density at radius 1 is 1.12 bits per heavy atom. The summed E-state index contributed by atoms with van der Waals surface area (Å²) in [5.41, 5.74) is 1.05. The molecule has 3 aromatic rings. The molecule has 128 valence electrons. The number of benzene rings is 2. The van der Waals surface area contributed by atoms with E-state index in [1.54, 1.807) is 41.4 Å². The molecule has 1 amide bonds. The minimum Gasteiger partial charge on any atom is -0.327 e. The van der Waals surface area contributed by atoms with Crippen molar-refractivity contribution in [1.29, 1.82) is 0 Å². The summed E-state index contributed by atoms with van der Waals surface area (Å²) in [4.78, 5) is 18.8. The standard InChI is InChI=1S/C18H13Cl2FN2OS/c19-15-4-2-1-3-14(15)18(24)23(11-17-22-7-8-25-17)10-12-5-6-13(21)9-16(12)20/h1-9H,10-11H2. The zero-order chi connectivity index (χ0) is 17.8. The van der Waals surface area contributed by atoms with E-state index in [9.17, 15) is 9.18 Å². The molecule has 0 saturated carbocycles. The van der Waals surface area contributed by atoms with Gasteiger partial charge in [0.25, 0.3) is 5.91 Å². The fourth-order valence-electron chi connectivity index (χ4n) is 2.35. The van der Waals surface area contributed by atoms with Crippen LogP contribution >= 0.6 is 34.5 Å². The molecule has 0 aliphatic rings. The highest BCUT2D eigenvalue weighted by atomic mass is 35.5. The smallest absolute Gasteiger partial charge is 0.256 e. The number of carbonyl (C=O) groups excluding carboxylic acids is 1. The molecule has 0 radical (unpaired) electrons. The van der Waals surface area contributed by atoms with Gasteiger partial charge in [-0.05, 0) is 29.8 Å². The topological polar surface area (TPSA) is 33.2 Å². The molecule has 0 aliphatic carbocycles. The third-order valence-corrected chi connectivity index (χ3v) is 5.02. The minimum absolute atomic E-state index is 0.225. The molecule has 25 heavy (non-hydrogen) atoms. The first-order valence-electron chi connectivity index (χ1n) is 7.40. The van der Waals surface area contributed by atoms with Crippen molar-refractivity contribution in [2.24, 2.45) is 0 Å². The lowest BCUT2D eigenvalue weighted by atomic mass is 10.1. The molecule has 0 aliphatic heterocycles. The van der Waals surface area contributed by atoms with Gasteiger partial charge in [-0.1, -0.05) is 41.4 Å². The molecule has 0 fully saturated rings. The Morgan fingerprint density at radius 3 is 2.60 bits per heavy atom. The molecule has 3 nitrogen and oxygen atoms in total.